The maximum Gasteiger partial charge on any atom is 0.221 e. The van der Waals surface area contributed by atoms with Crippen LogP contribution in [0, 0.1) is 11.8 Å². The number of carbonyl (C=O) groups is 1. The SMILES string of the molecule is CCNC(=O)CC(CN)NCC(C)C1CC1. The van der Waals surface area contributed by atoms with Gasteiger partial charge in [0, 0.05) is 25.6 Å². The van der Waals surface area contributed by atoms with Gasteiger partial charge < -0.3 is 16.4 Å². The molecule has 0 heterocycles. The molecule has 0 bridgehead atoms. The van der Waals surface area contributed by atoms with Crippen LogP contribution in [0.1, 0.15) is 33.1 Å². The zero-order chi connectivity index (χ0) is 12.0. The van der Waals surface area contributed by atoms with Crippen LogP contribution in [0.5, 0.6) is 0 Å². The van der Waals surface area contributed by atoms with Gasteiger partial charge in [-0.25, -0.2) is 0 Å². The number of nitrogens with two attached hydrogens (primary N) is 1. The van der Waals surface area contributed by atoms with Gasteiger partial charge in [-0.05, 0) is 38.1 Å². The van der Waals surface area contributed by atoms with Crippen LogP contribution < -0.4 is 16.4 Å². The Balaban J connectivity index is 2.17. The number of carbonyl (C=O) groups excluding carboxylic acids is 1. The van der Waals surface area contributed by atoms with E-state index in [0.29, 0.717) is 25.4 Å². The summed E-state index contributed by atoms with van der Waals surface area (Å²) in [6.45, 7) is 6.39. The summed E-state index contributed by atoms with van der Waals surface area (Å²) in [4.78, 5) is 11.4. The highest BCUT2D eigenvalue weighted by Crippen LogP contribution is 2.36. The minimum atomic E-state index is 0.0875. The lowest BCUT2D eigenvalue weighted by molar-refractivity contribution is -0.121. The van der Waals surface area contributed by atoms with E-state index in [9.17, 15) is 4.79 Å². The third-order valence-electron chi connectivity index (χ3n) is 3.25. The topological polar surface area (TPSA) is 67.2 Å². The number of hydrogen-bond donors (Lipinski definition) is 3. The maximum absolute atomic E-state index is 11.4. The summed E-state index contributed by atoms with van der Waals surface area (Å²) in [6.07, 6.45) is 3.22. The van der Waals surface area contributed by atoms with Crippen molar-refractivity contribution in [3.05, 3.63) is 0 Å². The van der Waals surface area contributed by atoms with Gasteiger partial charge in [0.25, 0.3) is 0 Å². The first-order chi connectivity index (χ1) is 7.67. The Labute approximate surface area is 98.3 Å². The summed E-state index contributed by atoms with van der Waals surface area (Å²) in [7, 11) is 0. The van der Waals surface area contributed by atoms with Gasteiger partial charge in [-0.3, -0.25) is 4.79 Å². The Hall–Kier alpha value is -0.610. The molecule has 1 saturated carbocycles. The fraction of sp³-hybridized carbons (Fsp3) is 0.917. The molecule has 2 atom stereocenters. The average molecular weight is 227 g/mol. The van der Waals surface area contributed by atoms with Crippen molar-refractivity contribution in [3.63, 3.8) is 0 Å². The van der Waals surface area contributed by atoms with Crippen molar-refractivity contribution in [3.8, 4) is 0 Å². The smallest absolute Gasteiger partial charge is 0.221 e. The first kappa shape index (κ1) is 13.5. The van der Waals surface area contributed by atoms with Crippen molar-refractivity contribution < 1.29 is 4.79 Å². The second kappa shape index (κ2) is 6.86. The summed E-state index contributed by atoms with van der Waals surface area (Å²) in [5.41, 5.74) is 5.65. The molecule has 94 valence electrons. The number of hydrogen-bond acceptors (Lipinski definition) is 3. The highest BCUT2D eigenvalue weighted by molar-refractivity contribution is 5.76. The fourth-order valence-corrected chi connectivity index (χ4v) is 1.92. The van der Waals surface area contributed by atoms with Crippen molar-refractivity contribution in [2.75, 3.05) is 19.6 Å². The summed E-state index contributed by atoms with van der Waals surface area (Å²) >= 11 is 0. The quantitative estimate of drug-likeness (QED) is 0.565. The zero-order valence-electron chi connectivity index (χ0n) is 10.5. The molecule has 0 aromatic carbocycles. The van der Waals surface area contributed by atoms with E-state index in [-0.39, 0.29) is 11.9 Å². The van der Waals surface area contributed by atoms with Crippen LogP contribution >= 0.6 is 0 Å². The van der Waals surface area contributed by atoms with Crippen LogP contribution in [0.3, 0.4) is 0 Å². The molecule has 0 radical (unpaired) electrons. The molecule has 16 heavy (non-hydrogen) atoms. The van der Waals surface area contributed by atoms with Gasteiger partial charge in [0.15, 0.2) is 0 Å². The molecule has 4 N–H and O–H groups in total. The molecule has 0 aromatic heterocycles. The molecule has 0 aromatic rings. The highest BCUT2D eigenvalue weighted by Gasteiger charge is 2.27. The van der Waals surface area contributed by atoms with Gasteiger partial charge in [0.1, 0.15) is 0 Å². The van der Waals surface area contributed by atoms with E-state index < -0.39 is 0 Å². The normalized spacial score (nSPS) is 19.2. The minimum absolute atomic E-state index is 0.0875. The summed E-state index contributed by atoms with van der Waals surface area (Å²) in [5, 5.41) is 6.19. The molecule has 0 saturated heterocycles. The van der Waals surface area contributed by atoms with Crippen molar-refractivity contribution in [1.29, 1.82) is 0 Å². The van der Waals surface area contributed by atoms with Gasteiger partial charge in [0.2, 0.25) is 5.91 Å². The molecule has 0 aliphatic heterocycles. The average Bonchev–Trinajstić information content (AvgIpc) is 3.07. The van der Waals surface area contributed by atoms with Gasteiger partial charge in [-0.15, -0.1) is 0 Å². The Bertz CT molecular complexity index is 216. The van der Waals surface area contributed by atoms with E-state index in [1.54, 1.807) is 0 Å². The van der Waals surface area contributed by atoms with E-state index in [2.05, 4.69) is 17.6 Å². The molecule has 4 nitrogen and oxygen atoms in total. The highest BCUT2D eigenvalue weighted by atomic mass is 16.1. The van der Waals surface area contributed by atoms with E-state index in [1.165, 1.54) is 12.8 Å². The summed E-state index contributed by atoms with van der Waals surface area (Å²) in [6, 6.07) is 0.118. The van der Waals surface area contributed by atoms with Crippen LogP contribution in [0.2, 0.25) is 0 Å². The van der Waals surface area contributed by atoms with Crippen LogP contribution in [0.25, 0.3) is 0 Å². The molecule has 1 rings (SSSR count). The predicted molar refractivity (Wildman–Crippen MR) is 66.0 cm³/mol. The second-order valence-electron chi connectivity index (χ2n) is 4.81. The van der Waals surface area contributed by atoms with Crippen LogP contribution in [-0.2, 0) is 4.79 Å². The van der Waals surface area contributed by atoms with E-state index >= 15 is 0 Å². The zero-order valence-corrected chi connectivity index (χ0v) is 10.5. The van der Waals surface area contributed by atoms with E-state index in [0.717, 1.165) is 12.5 Å². The number of rotatable bonds is 8. The second-order valence-corrected chi connectivity index (χ2v) is 4.81. The first-order valence-corrected chi connectivity index (χ1v) is 6.37. The molecule has 1 aliphatic rings. The van der Waals surface area contributed by atoms with Crippen molar-refractivity contribution in [2.45, 2.75) is 39.2 Å². The Kier molecular flexibility index (Phi) is 5.77. The molecule has 1 fully saturated rings. The number of amides is 1. The van der Waals surface area contributed by atoms with Gasteiger partial charge in [-0.2, -0.15) is 0 Å². The third-order valence-corrected chi connectivity index (χ3v) is 3.25. The van der Waals surface area contributed by atoms with Gasteiger partial charge in [0.05, 0.1) is 0 Å². The maximum atomic E-state index is 11.4. The third kappa shape index (κ3) is 4.94. The lowest BCUT2D eigenvalue weighted by Crippen LogP contribution is -2.42. The summed E-state index contributed by atoms with van der Waals surface area (Å²) < 4.78 is 0. The van der Waals surface area contributed by atoms with Gasteiger partial charge in [-0.1, -0.05) is 6.92 Å². The molecule has 2 unspecified atom stereocenters. The molecular weight excluding hydrogens is 202 g/mol. The Morgan fingerprint density at radius 2 is 2.19 bits per heavy atom. The predicted octanol–water partition coefficient (Wildman–Crippen LogP) is 0.476. The van der Waals surface area contributed by atoms with Crippen LogP contribution in [0.4, 0.5) is 0 Å². The Morgan fingerprint density at radius 3 is 2.69 bits per heavy atom. The standard InChI is InChI=1S/C12H25N3O/c1-3-14-12(16)6-11(7-13)15-8-9(2)10-4-5-10/h9-11,15H,3-8,13H2,1-2H3,(H,14,16). The van der Waals surface area contributed by atoms with Crippen molar-refractivity contribution in [2.24, 2.45) is 17.6 Å². The number of nitrogens with one attached hydrogen (secondary N) is 2. The largest absolute Gasteiger partial charge is 0.356 e. The van der Waals surface area contributed by atoms with Crippen LogP contribution in [0.15, 0.2) is 0 Å². The van der Waals surface area contributed by atoms with Crippen LogP contribution in [-0.4, -0.2) is 31.6 Å². The monoisotopic (exact) mass is 227 g/mol. The first-order valence-electron chi connectivity index (χ1n) is 6.37. The molecule has 0 spiro atoms. The minimum Gasteiger partial charge on any atom is -0.356 e. The Morgan fingerprint density at radius 1 is 1.50 bits per heavy atom. The summed E-state index contributed by atoms with van der Waals surface area (Å²) in [5.74, 6) is 1.70. The lowest BCUT2D eigenvalue weighted by atomic mass is 10.1. The molecule has 1 amide bonds. The van der Waals surface area contributed by atoms with Crippen molar-refractivity contribution >= 4 is 5.91 Å². The van der Waals surface area contributed by atoms with E-state index in [4.69, 9.17) is 5.73 Å². The molecular formula is C12H25N3O. The fourth-order valence-electron chi connectivity index (χ4n) is 1.92. The van der Waals surface area contributed by atoms with Gasteiger partial charge >= 0.3 is 0 Å². The van der Waals surface area contributed by atoms with Crippen molar-refractivity contribution in [1.82, 2.24) is 10.6 Å². The van der Waals surface area contributed by atoms with E-state index in [1.807, 2.05) is 6.92 Å². The lowest BCUT2D eigenvalue weighted by Gasteiger charge is -2.19. The molecule has 4 heteroatoms. The molecule has 1 aliphatic carbocycles.